The molecule has 1 aromatic rings. The average molecular weight is 241 g/mol. The van der Waals surface area contributed by atoms with E-state index in [9.17, 15) is 10.1 Å². The standard InChI is InChI=1S/C11H15NO5/c1-2-3-4-8-7-15-11(16-8)9-5-6-10(17-9)12(13)14/h5-6,8,11H,2-4,7H2,1H3. The average Bonchev–Trinajstić information content (AvgIpc) is 2.94. The molecular weight excluding hydrogens is 226 g/mol. The van der Waals surface area contributed by atoms with Gasteiger partial charge in [0.1, 0.15) is 4.92 Å². The van der Waals surface area contributed by atoms with E-state index in [1.807, 2.05) is 0 Å². The molecule has 0 amide bonds. The number of unbranched alkanes of at least 4 members (excludes halogenated alkanes) is 1. The highest BCUT2D eigenvalue weighted by Crippen LogP contribution is 2.31. The summed E-state index contributed by atoms with van der Waals surface area (Å²) in [5.41, 5.74) is 0. The summed E-state index contributed by atoms with van der Waals surface area (Å²) in [7, 11) is 0. The Bertz CT molecular complexity index is 389. The molecule has 0 spiro atoms. The van der Waals surface area contributed by atoms with Crippen molar-refractivity contribution in [2.45, 2.75) is 38.6 Å². The predicted molar refractivity (Wildman–Crippen MR) is 58.5 cm³/mol. The minimum absolute atomic E-state index is 0.0594. The Kier molecular flexibility index (Phi) is 3.75. The number of hydrogen-bond donors (Lipinski definition) is 0. The third-order valence-electron chi connectivity index (χ3n) is 2.65. The van der Waals surface area contributed by atoms with Crippen LogP contribution in [0.5, 0.6) is 0 Å². The van der Waals surface area contributed by atoms with Crippen LogP contribution in [-0.2, 0) is 9.47 Å². The van der Waals surface area contributed by atoms with Gasteiger partial charge in [-0.2, -0.15) is 0 Å². The Morgan fingerprint density at radius 2 is 2.35 bits per heavy atom. The van der Waals surface area contributed by atoms with E-state index < -0.39 is 11.2 Å². The van der Waals surface area contributed by atoms with Crippen LogP contribution in [0.1, 0.15) is 38.2 Å². The highest BCUT2D eigenvalue weighted by Gasteiger charge is 2.30. The van der Waals surface area contributed by atoms with E-state index in [0.29, 0.717) is 12.4 Å². The number of rotatable bonds is 5. The first kappa shape index (κ1) is 12.1. The predicted octanol–water partition coefficient (Wildman–Crippen LogP) is 2.79. The van der Waals surface area contributed by atoms with Crippen LogP contribution in [0.2, 0.25) is 0 Å². The van der Waals surface area contributed by atoms with Crippen LogP contribution in [0.3, 0.4) is 0 Å². The maximum absolute atomic E-state index is 10.5. The Morgan fingerprint density at radius 1 is 1.53 bits per heavy atom. The molecule has 1 saturated heterocycles. The summed E-state index contributed by atoms with van der Waals surface area (Å²) >= 11 is 0. The minimum atomic E-state index is -0.606. The lowest BCUT2D eigenvalue weighted by Crippen LogP contribution is -2.08. The van der Waals surface area contributed by atoms with E-state index >= 15 is 0 Å². The lowest BCUT2D eigenvalue weighted by molar-refractivity contribution is -0.402. The fraction of sp³-hybridized carbons (Fsp3) is 0.636. The molecular formula is C11H15NO5. The molecule has 0 bridgehead atoms. The van der Waals surface area contributed by atoms with Crippen molar-refractivity contribution in [2.75, 3.05) is 6.61 Å². The van der Waals surface area contributed by atoms with E-state index in [1.165, 1.54) is 12.1 Å². The highest BCUT2D eigenvalue weighted by atomic mass is 16.7. The first-order valence-corrected chi connectivity index (χ1v) is 5.72. The number of nitro groups is 1. The number of nitrogens with zero attached hydrogens (tertiary/aromatic N) is 1. The quantitative estimate of drug-likeness (QED) is 0.585. The summed E-state index contributed by atoms with van der Waals surface area (Å²) in [6, 6.07) is 2.83. The first-order valence-electron chi connectivity index (χ1n) is 5.72. The molecule has 2 atom stereocenters. The van der Waals surface area contributed by atoms with Crippen LogP contribution in [0, 0.1) is 10.1 Å². The van der Waals surface area contributed by atoms with E-state index in [4.69, 9.17) is 13.9 Å². The molecule has 0 aromatic carbocycles. The minimum Gasteiger partial charge on any atom is -0.400 e. The molecule has 0 saturated carbocycles. The van der Waals surface area contributed by atoms with Crippen LogP contribution in [-0.4, -0.2) is 17.6 Å². The van der Waals surface area contributed by atoms with E-state index in [0.717, 1.165) is 19.3 Å². The molecule has 6 nitrogen and oxygen atoms in total. The van der Waals surface area contributed by atoms with Crippen molar-refractivity contribution in [1.29, 1.82) is 0 Å². The highest BCUT2D eigenvalue weighted by molar-refractivity contribution is 5.18. The molecule has 1 fully saturated rings. The third-order valence-corrected chi connectivity index (χ3v) is 2.65. The largest absolute Gasteiger partial charge is 0.433 e. The van der Waals surface area contributed by atoms with Gasteiger partial charge < -0.3 is 13.9 Å². The molecule has 1 aliphatic heterocycles. The molecule has 2 unspecified atom stereocenters. The summed E-state index contributed by atoms with van der Waals surface area (Å²) in [5, 5.41) is 10.5. The van der Waals surface area contributed by atoms with Gasteiger partial charge in [-0.1, -0.05) is 19.8 Å². The van der Waals surface area contributed by atoms with E-state index in [-0.39, 0.29) is 12.0 Å². The summed E-state index contributed by atoms with van der Waals surface area (Å²) in [6.45, 7) is 2.63. The van der Waals surface area contributed by atoms with Gasteiger partial charge in [0.2, 0.25) is 6.29 Å². The Hall–Kier alpha value is -1.40. The summed E-state index contributed by atoms with van der Waals surface area (Å²) < 4.78 is 16.0. The van der Waals surface area contributed by atoms with Crippen molar-refractivity contribution in [2.24, 2.45) is 0 Å². The van der Waals surface area contributed by atoms with Crippen molar-refractivity contribution in [3.8, 4) is 0 Å². The fourth-order valence-electron chi connectivity index (χ4n) is 1.75. The molecule has 0 N–H and O–H groups in total. The molecule has 1 aliphatic rings. The summed E-state index contributed by atoms with van der Waals surface area (Å²) in [5.74, 6) is 0.0694. The van der Waals surface area contributed by atoms with Crippen molar-refractivity contribution in [3.63, 3.8) is 0 Å². The van der Waals surface area contributed by atoms with Gasteiger partial charge >= 0.3 is 5.88 Å². The SMILES string of the molecule is CCCCC1COC(c2ccc([N+](=O)[O-])o2)O1. The van der Waals surface area contributed by atoms with Crippen molar-refractivity contribution in [1.82, 2.24) is 0 Å². The molecule has 0 radical (unpaired) electrons. The van der Waals surface area contributed by atoms with Gasteiger partial charge in [0.25, 0.3) is 0 Å². The van der Waals surface area contributed by atoms with Gasteiger partial charge in [-0.05, 0) is 12.5 Å². The molecule has 6 heteroatoms. The first-order chi connectivity index (χ1) is 8.20. The Balaban J connectivity index is 1.93. The molecule has 17 heavy (non-hydrogen) atoms. The molecule has 94 valence electrons. The Labute approximate surface area is 98.7 Å². The molecule has 0 aliphatic carbocycles. The van der Waals surface area contributed by atoms with Crippen molar-refractivity contribution in [3.05, 3.63) is 28.0 Å². The molecule has 2 heterocycles. The van der Waals surface area contributed by atoms with Crippen LogP contribution in [0.4, 0.5) is 5.88 Å². The second kappa shape index (κ2) is 5.29. The van der Waals surface area contributed by atoms with Gasteiger partial charge in [-0.25, -0.2) is 0 Å². The number of furan rings is 1. The van der Waals surface area contributed by atoms with Gasteiger partial charge in [0.15, 0.2) is 5.76 Å². The third kappa shape index (κ3) is 2.83. The zero-order chi connectivity index (χ0) is 12.3. The molecule has 2 rings (SSSR count). The maximum atomic E-state index is 10.5. The normalized spacial score (nSPS) is 24.1. The monoisotopic (exact) mass is 241 g/mol. The second-order valence-corrected chi connectivity index (χ2v) is 4.00. The fourth-order valence-corrected chi connectivity index (χ4v) is 1.75. The summed E-state index contributed by atoms with van der Waals surface area (Å²) in [4.78, 5) is 9.89. The van der Waals surface area contributed by atoms with E-state index in [1.54, 1.807) is 0 Å². The van der Waals surface area contributed by atoms with Crippen molar-refractivity contribution >= 4 is 5.88 Å². The second-order valence-electron chi connectivity index (χ2n) is 4.00. The topological polar surface area (TPSA) is 74.7 Å². The lowest BCUT2D eigenvalue weighted by Gasteiger charge is -2.08. The van der Waals surface area contributed by atoms with Gasteiger partial charge in [0, 0.05) is 0 Å². The van der Waals surface area contributed by atoms with Crippen LogP contribution in [0.15, 0.2) is 16.5 Å². The van der Waals surface area contributed by atoms with Gasteiger partial charge in [-0.15, -0.1) is 0 Å². The number of ether oxygens (including phenoxy) is 2. The smallest absolute Gasteiger partial charge is 0.400 e. The van der Waals surface area contributed by atoms with Crippen LogP contribution in [0.25, 0.3) is 0 Å². The number of hydrogen-bond acceptors (Lipinski definition) is 5. The lowest BCUT2D eigenvalue weighted by atomic mass is 10.2. The van der Waals surface area contributed by atoms with Crippen LogP contribution >= 0.6 is 0 Å². The summed E-state index contributed by atoms with van der Waals surface area (Å²) in [6.07, 6.45) is 2.58. The van der Waals surface area contributed by atoms with E-state index in [2.05, 4.69) is 6.92 Å². The zero-order valence-corrected chi connectivity index (χ0v) is 9.63. The van der Waals surface area contributed by atoms with Crippen LogP contribution < -0.4 is 0 Å². The van der Waals surface area contributed by atoms with Crippen molar-refractivity contribution < 1.29 is 18.8 Å². The maximum Gasteiger partial charge on any atom is 0.433 e. The van der Waals surface area contributed by atoms with Gasteiger partial charge in [-0.3, -0.25) is 10.1 Å². The Morgan fingerprint density at radius 3 is 3.00 bits per heavy atom. The van der Waals surface area contributed by atoms with Gasteiger partial charge in [0.05, 0.1) is 18.8 Å². The molecule has 1 aromatic heterocycles. The zero-order valence-electron chi connectivity index (χ0n) is 9.63.